The van der Waals surface area contributed by atoms with Crippen LogP contribution in [0.2, 0.25) is 5.02 Å². The molecule has 0 bridgehead atoms. The van der Waals surface area contributed by atoms with Gasteiger partial charge in [-0.25, -0.2) is 8.78 Å². The van der Waals surface area contributed by atoms with Crippen molar-refractivity contribution in [3.05, 3.63) is 58.6 Å². The lowest BCUT2D eigenvalue weighted by Gasteiger charge is -2.13. The Balaban J connectivity index is 2.44. The van der Waals surface area contributed by atoms with Crippen LogP contribution in [0.25, 0.3) is 11.1 Å². The second-order valence-electron chi connectivity index (χ2n) is 4.85. The van der Waals surface area contributed by atoms with Gasteiger partial charge in [-0.05, 0) is 54.3 Å². The lowest BCUT2D eigenvalue weighted by molar-refractivity contribution is 0.509. The van der Waals surface area contributed by atoms with Gasteiger partial charge in [0.2, 0.25) is 0 Å². The molecule has 0 aromatic heterocycles. The van der Waals surface area contributed by atoms with E-state index in [9.17, 15) is 8.78 Å². The van der Waals surface area contributed by atoms with Crippen molar-refractivity contribution in [2.45, 2.75) is 19.3 Å². The van der Waals surface area contributed by atoms with E-state index in [0.29, 0.717) is 28.6 Å². The van der Waals surface area contributed by atoms with Gasteiger partial charge in [-0.3, -0.25) is 0 Å². The highest BCUT2D eigenvalue weighted by Crippen LogP contribution is 2.32. The Morgan fingerprint density at radius 1 is 1.10 bits per heavy atom. The fourth-order valence-corrected chi connectivity index (χ4v) is 2.38. The maximum atomic E-state index is 13.3. The van der Waals surface area contributed by atoms with Gasteiger partial charge in [0.25, 0.3) is 0 Å². The van der Waals surface area contributed by atoms with Crippen molar-refractivity contribution >= 4 is 11.6 Å². The van der Waals surface area contributed by atoms with Crippen LogP contribution in [0.1, 0.15) is 24.8 Å². The van der Waals surface area contributed by atoms with Crippen LogP contribution in [0.15, 0.2) is 36.4 Å². The van der Waals surface area contributed by atoms with Crippen LogP contribution in [0.3, 0.4) is 0 Å². The van der Waals surface area contributed by atoms with Gasteiger partial charge in [0.1, 0.15) is 0 Å². The Hall–Kier alpha value is -1.45. The summed E-state index contributed by atoms with van der Waals surface area (Å²) < 4.78 is 26.3. The number of halogens is 3. The molecule has 2 rings (SSSR count). The highest BCUT2D eigenvalue weighted by atomic mass is 35.5. The molecule has 1 unspecified atom stereocenters. The van der Waals surface area contributed by atoms with Gasteiger partial charge in [-0.1, -0.05) is 30.7 Å². The van der Waals surface area contributed by atoms with Crippen LogP contribution in [-0.2, 0) is 0 Å². The topological polar surface area (TPSA) is 26.0 Å². The molecule has 0 saturated carbocycles. The molecule has 0 heterocycles. The normalized spacial score (nSPS) is 12.4. The molecule has 0 amide bonds. The molecule has 4 heteroatoms. The third-order valence-electron chi connectivity index (χ3n) is 3.39. The number of hydrogen-bond donors (Lipinski definition) is 1. The maximum absolute atomic E-state index is 13.3. The van der Waals surface area contributed by atoms with Crippen LogP contribution < -0.4 is 5.73 Å². The summed E-state index contributed by atoms with van der Waals surface area (Å²) in [5.41, 5.74) is 7.91. The summed E-state index contributed by atoms with van der Waals surface area (Å²) in [7, 11) is 0. The molecule has 0 fully saturated rings. The molecule has 0 aliphatic heterocycles. The van der Waals surface area contributed by atoms with Gasteiger partial charge >= 0.3 is 0 Å². The van der Waals surface area contributed by atoms with Gasteiger partial charge in [0, 0.05) is 10.6 Å². The van der Waals surface area contributed by atoms with Gasteiger partial charge in [0.05, 0.1) is 0 Å². The molecule has 2 N–H and O–H groups in total. The Kier molecular flexibility index (Phi) is 4.73. The largest absolute Gasteiger partial charge is 0.330 e. The fourth-order valence-electron chi connectivity index (χ4n) is 2.15. The first-order valence-corrected chi connectivity index (χ1v) is 6.85. The quantitative estimate of drug-likeness (QED) is 0.866. The van der Waals surface area contributed by atoms with Gasteiger partial charge in [-0.15, -0.1) is 0 Å². The molecule has 106 valence electrons. The number of nitrogens with two attached hydrogens (primary N) is 1. The summed E-state index contributed by atoms with van der Waals surface area (Å²) in [4.78, 5) is 0. The minimum absolute atomic E-state index is 0.293. The summed E-state index contributed by atoms with van der Waals surface area (Å²) >= 11 is 6.16. The number of benzene rings is 2. The third kappa shape index (κ3) is 3.17. The van der Waals surface area contributed by atoms with Crippen molar-refractivity contribution in [2.24, 2.45) is 5.73 Å². The van der Waals surface area contributed by atoms with Crippen molar-refractivity contribution in [3.8, 4) is 11.1 Å². The average molecular weight is 296 g/mol. The molecular weight excluding hydrogens is 280 g/mol. The lowest BCUT2D eigenvalue weighted by Crippen LogP contribution is -2.04. The zero-order chi connectivity index (χ0) is 14.7. The Bertz CT molecular complexity index is 613. The lowest BCUT2D eigenvalue weighted by atomic mass is 9.94. The van der Waals surface area contributed by atoms with Crippen LogP contribution in [0.4, 0.5) is 8.78 Å². The van der Waals surface area contributed by atoms with Crippen LogP contribution in [0.5, 0.6) is 0 Å². The molecular formula is C16H16ClF2N. The van der Waals surface area contributed by atoms with Crippen LogP contribution in [0, 0.1) is 11.6 Å². The second-order valence-corrected chi connectivity index (χ2v) is 5.25. The predicted molar refractivity (Wildman–Crippen MR) is 78.9 cm³/mol. The zero-order valence-corrected chi connectivity index (χ0v) is 11.9. The molecule has 1 atom stereocenters. The van der Waals surface area contributed by atoms with E-state index in [0.717, 1.165) is 24.1 Å². The molecule has 0 aliphatic rings. The molecule has 0 radical (unpaired) electrons. The van der Waals surface area contributed by atoms with Crippen molar-refractivity contribution in [1.82, 2.24) is 0 Å². The summed E-state index contributed by atoms with van der Waals surface area (Å²) in [6.07, 6.45) is 0.860. The fraction of sp³-hybridized carbons (Fsp3) is 0.250. The molecule has 20 heavy (non-hydrogen) atoms. The molecule has 2 aromatic rings. The Labute approximate surface area is 122 Å². The number of hydrogen-bond acceptors (Lipinski definition) is 1. The SMILES string of the molecule is CC(CCN)c1ccc(Cl)c(-c2ccc(F)c(F)c2)c1. The molecule has 2 aromatic carbocycles. The van der Waals surface area contributed by atoms with E-state index >= 15 is 0 Å². The zero-order valence-electron chi connectivity index (χ0n) is 11.2. The first-order valence-electron chi connectivity index (χ1n) is 6.48. The Morgan fingerprint density at radius 2 is 1.85 bits per heavy atom. The van der Waals surface area contributed by atoms with Crippen molar-refractivity contribution in [1.29, 1.82) is 0 Å². The van der Waals surface area contributed by atoms with Gasteiger partial charge in [0.15, 0.2) is 11.6 Å². The van der Waals surface area contributed by atoms with E-state index in [-0.39, 0.29) is 0 Å². The highest BCUT2D eigenvalue weighted by Gasteiger charge is 2.11. The minimum Gasteiger partial charge on any atom is -0.330 e. The minimum atomic E-state index is -0.876. The summed E-state index contributed by atoms with van der Waals surface area (Å²) in [6.45, 7) is 2.68. The van der Waals surface area contributed by atoms with E-state index in [4.69, 9.17) is 17.3 Å². The number of rotatable bonds is 4. The average Bonchev–Trinajstić information content (AvgIpc) is 2.43. The van der Waals surface area contributed by atoms with E-state index in [2.05, 4.69) is 6.92 Å². The van der Waals surface area contributed by atoms with Gasteiger partial charge in [-0.2, -0.15) is 0 Å². The van der Waals surface area contributed by atoms with E-state index in [1.54, 1.807) is 6.07 Å². The van der Waals surface area contributed by atoms with Crippen molar-refractivity contribution in [2.75, 3.05) is 6.54 Å². The smallest absolute Gasteiger partial charge is 0.159 e. The standard InChI is InChI=1S/C16H16ClF2N/c1-10(6-7-20)11-2-4-14(17)13(8-11)12-3-5-15(18)16(19)9-12/h2-5,8-10H,6-7,20H2,1H3. The monoisotopic (exact) mass is 295 g/mol. The van der Waals surface area contributed by atoms with Gasteiger partial charge < -0.3 is 5.73 Å². The summed E-state index contributed by atoms with van der Waals surface area (Å²) in [5.74, 6) is -1.45. The first kappa shape index (κ1) is 14.9. The summed E-state index contributed by atoms with van der Waals surface area (Å²) in [6, 6.07) is 9.42. The van der Waals surface area contributed by atoms with E-state index < -0.39 is 11.6 Å². The van der Waals surface area contributed by atoms with Crippen LogP contribution >= 0.6 is 11.6 Å². The van der Waals surface area contributed by atoms with E-state index in [1.165, 1.54) is 6.07 Å². The first-order chi connectivity index (χ1) is 9.52. The molecule has 0 spiro atoms. The highest BCUT2D eigenvalue weighted by molar-refractivity contribution is 6.33. The van der Waals surface area contributed by atoms with E-state index in [1.807, 2.05) is 12.1 Å². The molecule has 0 saturated heterocycles. The second kappa shape index (κ2) is 6.33. The molecule has 0 aliphatic carbocycles. The molecule has 1 nitrogen and oxygen atoms in total. The van der Waals surface area contributed by atoms with Crippen molar-refractivity contribution in [3.63, 3.8) is 0 Å². The summed E-state index contributed by atoms with van der Waals surface area (Å²) in [5, 5.41) is 0.514. The van der Waals surface area contributed by atoms with Crippen LogP contribution in [-0.4, -0.2) is 6.54 Å². The third-order valence-corrected chi connectivity index (χ3v) is 3.72. The predicted octanol–water partition coefficient (Wildman–Crippen LogP) is 4.74. The van der Waals surface area contributed by atoms with Crippen molar-refractivity contribution < 1.29 is 8.78 Å². The Morgan fingerprint density at radius 3 is 2.50 bits per heavy atom. The maximum Gasteiger partial charge on any atom is 0.159 e.